The number of benzene rings is 2. The van der Waals surface area contributed by atoms with E-state index < -0.39 is 0 Å². The summed E-state index contributed by atoms with van der Waals surface area (Å²) in [6.45, 7) is 4.29. The lowest BCUT2D eigenvalue weighted by molar-refractivity contribution is 1.14. The largest absolute Gasteiger partial charge is 0.332 e. The summed E-state index contributed by atoms with van der Waals surface area (Å²) in [6.07, 6.45) is 1.07. The lowest BCUT2D eigenvalue weighted by atomic mass is 10.1. The van der Waals surface area contributed by atoms with Crippen molar-refractivity contribution in [3.05, 3.63) is 65.0 Å². The fraction of sp³-hybridized carbons (Fsp3) is 0.167. The number of para-hydroxylation sites is 1. The number of hydrogen-bond acceptors (Lipinski definition) is 3. The number of nitrogens with one attached hydrogen (secondary N) is 1. The normalized spacial score (nSPS) is 10.6. The van der Waals surface area contributed by atoms with E-state index in [1.54, 1.807) is 11.3 Å². The minimum absolute atomic E-state index is 0.938. The van der Waals surface area contributed by atoms with Crippen molar-refractivity contribution in [1.29, 1.82) is 0 Å². The highest BCUT2D eigenvalue weighted by molar-refractivity contribution is 7.16. The van der Waals surface area contributed by atoms with Crippen LogP contribution in [0.3, 0.4) is 0 Å². The Hall–Kier alpha value is -2.13. The van der Waals surface area contributed by atoms with E-state index in [0.29, 0.717) is 0 Å². The van der Waals surface area contributed by atoms with Gasteiger partial charge in [-0.25, -0.2) is 4.98 Å². The minimum Gasteiger partial charge on any atom is -0.332 e. The van der Waals surface area contributed by atoms with Crippen LogP contribution in [0.25, 0.3) is 11.3 Å². The number of aromatic nitrogens is 1. The van der Waals surface area contributed by atoms with Crippen LogP contribution < -0.4 is 5.32 Å². The molecule has 3 heteroatoms. The summed E-state index contributed by atoms with van der Waals surface area (Å²) < 4.78 is 0. The van der Waals surface area contributed by atoms with E-state index in [-0.39, 0.29) is 0 Å². The molecule has 0 spiro atoms. The molecule has 0 atom stereocenters. The molecule has 0 aliphatic heterocycles. The third-order valence-corrected chi connectivity index (χ3v) is 4.34. The highest BCUT2D eigenvalue weighted by Gasteiger charge is 2.09. The zero-order chi connectivity index (χ0) is 14.7. The molecule has 0 amide bonds. The van der Waals surface area contributed by atoms with Crippen molar-refractivity contribution in [3.8, 4) is 11.3 Å². The maximum Gasteiger partial charge on any atom is 0.187 e. The molecule has 0 aliphatic rings. The fourth-order valence-electron chi connectivity index (χ4n) is 2.26. The fourth-order valence-corrected chi connectivity index (χ4v) is 3.12. The first-order valence-corrected chi connectivity index (χ1v) is 7.96. The average Bonchev–Trinajstić information content (AvgIpc) is 2.89. The number of rotatable bonds is 4. The van der Waals surface area contributed by atoms with Gasteiger partial charge in [0.2, 0.25) is 0 Å². The molecule has 0 unspecified atom stereocenters. The molecule has 1 aromatic heterocycles. The molecule has 0 fully saturated rings. The van der Waals surface area contributed by atoms with Gasteiger partial charge in [-0.1, -0.05) is 49.4 Å². The quantitative estimate of drug-likeness (QED) is 0.694. The third-order valence-electron chi connectivity index (χ3n) is 3.46. The van der Waals surface area contributed by atoms with Crippen LogP contribution >= 0.6 is 11.3 Å². The van der Waals surface area contributed by atoms with Crippen molar-refractivity contribution in [3.63, 3.8) is 0 Å². The molecule has 0 saturated carbocycles. The molecule has 2 aromatic carbocycles. The van der Waals surface area contributed by atoms with Crippen LogP contribution in [-0.2, 0) is 6.42 Å². The van der Waals surface area contributed by atoms with Crippen molar-refractivity contribution >= 4 is 22.2 Å². The number of anilines is 2. The zero-order valence-corrected chi connectivity index (χ0v) is 13.1. The van der Waals surface area contributed by atoms with Gasteiger partial charge in [-0.15, -0.1) is 11.3 Å². The highest BCUT2D eigenvalue weighted by Crippen LogP contribution is 2.32. The van der Waals surface area contributed by atoms with E-state index in [2.05, 4.69) is 43.4 Å². The Morgan fingerprint density at radius 1 is 1.00 bits per heavy atom. The first kappa shape index (κ1) is 13.8. The SMILES string of the molecule is CCc1ccc(-c2nc(Nc3ccccc3)sc2C)cc1. The summed E-state index contributed by atoms with van der Waals surface area (Å²) in [7, 11) is 0. The summed E-state index contributed by atoms with van der Waals surface area (Å²) >= 11 is 1.69. The van der Waals surface area contributed by atoms with Crippen LogP contribution in [0.2, 0.25) is 0 Å². The van der Waals surface area contributed by atoms with Gasteiger partial charge in [0.05, 0.1) is 5.69 Å². The lowest BCUT2D eigenvalue weighted by Gasteiger charge is -2.02. The monoisotopic (exact) mass is 294 g/mol. The molecule has 21 heavy (non-hydrogen) atoms. The van der Waals surface area contributed by atoms with Crippen LogP contribution in [0.4, 0.5) is 10.8 Å². The summed E-state index contributed by atoms with van der Waals surface area (Å²) in [5.74, 6) is 0. The molecule has 106 valence electrons. The second-order valence-electron chi connectivity index (χ2n) is 4.97. The second-order valence-corrected chi connectivity index (χ2v) is 6.17. The highest BCUT2D eigenvalue weighted by atomic mass is 32.1. The molecular weight excluding hydrogens is 276 g/mol. The Morgan fingerprint density at radius 3 is 2.38 bits per heavy atom. The van der Waals surface area contributed by atoms with Crippen LogP contribution in [0.1, 0.15) is 17.4 Å². The molecule has 1 heterocycles. The van der Waals surface area contributed by atoms with Gasteiger partial charge >= 0.3 is 0 Å². The number of nitrogens with zero attached hydrogens (tertiary/aromatic N) is 1. The van der Waals surface area contributed by atoms with Crippen molar-refractivity contribution in [2.45, 2.75) is 20.3 Å². The lowest BCUT2D eigenvalue weighted by Crippen LogP contribution is -1.89. The Bertz CT molecular complexity index is 715. The van der Waals surface area contributed by atoms with E-state index in [9.17, 15) is 0 Å². The number of hydrogen-bond donors (Lipinski definition) is 1. The van der Waals surface area contributed by atoms with Crippen LogP contribution in [0.15, 0.2) is 54.6 Å². The van der Waals surface area contributed by atoms with Crippen molar-refractivity contribution in [2.24, 2.45) is 0 Å². The molecule has 3 aromatic rings. The van der Waals surface area contributed by atoms with Gasteiger partial charge in [-0.3, -0.25) is 0 Å². The van der Waals surface area contributed by atoms with Gasteiger partial charge in [0.15, 0.2) is 5.13 Å². The molecule has 0 saturated heterocycles. The smallest absolute Gasteiger partial charge is 0.187 e. The van der Waals surface area contributed by atoms with Crippen molar-refractivity contribution in [1.82, 2.24) is 4.98 Å². The maximum absolute atomic E-state index is 4.74. The van der Waals surface area contributed by atoms with E-state index >= 15 is 0 Å². The van der Waals surface area contributed by atoms with Crippen LogP contribution in [0, 0.1) is 6.92 Å². The first-order chi connectivity index (χ1) is 10.3. The van der Waals surface area contributed by atoms with Gasteiger partial charge in [0.1, 0.15) is 0 Å². The predicted octanol–water partition coefficient (Wildman–Crippen LogP) is 5.42. The van der Waals surface area contributed by atoms with E-state index in [1.165, 1.54) is 16.0 Å². The molecule has 1 N–H and O–H groups in total. The summed E-state index contributed by atoms with van der Waals surface area (Å²) in [4.78, 5) is 5.97. The summed E-state index contributed by atoms with van der Waals surface area (Å²) in [6, 6.07) is 18.8. The van der Waals surface area contributed by atoms with Crippen LogP contribution in [0.5, 0.6) is 0 Å². The molecule has 2 nitrogen and oxygen atoms in total. The minimum atomic E-state index is 0.938. The molecule has 0 radical (unpaired) electrons. The van der Waals surface area contributed by atoms with Gasteiger partial charge in [0, 0.05) is 16.1 Å². The summed E-state index contributed by atoms with van der Waals surface area (Å²) in [5, 5.41) is 4.30. The second kappa shape index (κ2) is 6.10. The van der Waals surface area contributed by atoms with Gasteiger partial charge in [-0.05, 0) is 31.0 Å². The Morgan fingerprint density at radius 2 is 1.71 bits per heavy atom. The van der Waals surface area contributed by atoms with E-state index in [1.807, 2.05) is 30.3 Å². The zero-order valence-electron chi connectivity index (χ0n) is 12.3. The average molecular weight is 294 g/mol. The number of aryl methyl sites for hydroxylation is 2. The Balaban J connectivity index is 1.86. The first-order valence-electron chi connectivity index (χ1n) is 7.15. The molecular formula is C18H18N2S. The third kappa shape index (κ3) is 3.14. The topological polar surface area (TPSA) is 24.9 Å². The number of thiazole rings is 1. The predicted molar refractivity (Wildman–Crippen MR) is 91.4 cm³/mol. The molecule has 0 bridgehead atoms. The summed E-state index contributed by atoms with van der Waals surface area (Å²) in [5.41, 5.74) is 4.68. The van der Waals surface area contributed by atoms with E-state index in [4.69, 9.17) is 4.98 Å². The van der Waals surface area contributed by atoms with Gasteiger partial charge in [-0.2, -0.15) is 0 Å². The standard InChI is InChI=1S/C18H18N2S/c1-3-14-9-11-15(12-10-14)17-13(2)21-18(20-17)19-16-7-5-4-6-8-16/h4-12H,3H2,1-2H3,(H,19,20). The van der Waals surface area contributed by atoms with Gasteiger partial charge < -0.3 is 5.32 Å². The van der Waals surface area contributed by atoms with Crippen LogP contribution in [-0.4, -0.2) is 4.98 Å². The maximum atomic E-state index is 4.74. The molecule has 0 aliphatic carbocycles. The van der Waals surface area contributed by atoms with Gasteiger partial charge in [0.25, 0.3) is 0 Å². The molecule has 3 rings (SSSR count). The van der Waals surface area contributed by atoms with Crippen molar-refractivity contribution < 1.29 is 0 Å². The van der Waals surface area contributed by atoms with Crippen molar-refractivity contribution in [2.75, 3.05) is 5.32 Å². The Kier molecular flexibility index (Phi) is 4.02. The Labute approximate surface area is 129 Å². The van der Waals surface area contributed by atoms with E-state index in [0.717, 1.165) is 22.9 Å².